The van der Waals surface area contributed by atoms with Gasteiger partial charge in [-0.2, -0.15) is 0 Å². The Morgan fingerprint density at radius 3 is 2.05 bits per heavy atom. The summed E-state index contributed by atoms with van der Waals surface area (Å²) in [6.45, 7) is 3.50. The molecule has 1 aromatic rings. The zero-order valence-electron chi connectivity index (χ0n) is 13.7. The van der Waals surface area contributed by atoms with Crippen molar-refractivity contribution in [2.75, 3.05) is 18.0 Å². The maximum atomic E-state index is 3.78. The zero-order chi connectivity index (χ0) is 14.3. The van der Waals surface area contributed by atoms with E-state index in [2.05, 4.69) is 34.5 Å². The number of halogens is 1. The van der Waals surface area contributed by atoms with Crippen molar-refractivity contribution in [1.82, 2.24) is 5.32 Å². The number of nitrogens with zero attached hydrogens (tertiary/aromatic N) is 1. The highest BCUT2D eigenvalue weighted by Gasteiger charge is 2.13. The molecule has 1 aromatic carbocycles. The van der Waals surface area contributed by atoms with E-state index in [1.165, 1.54) is 82.1 Å². The van der Waals surface area contributed by atoms with Gasteiger partial charge in [0.05, 0.1) is 0 Å². The third-order valence-electron chi connectivity index (χ3n) is 5.11. The summed E-state index contributed by atoms with van der Waals surface area (Å²) in [5.74, 6) is 0. The molecule has 0 radical (unpaired) electrons. The summed E-state index contributed by atoms with van der Waals surface area (Å²) in [4.78, 5) is 2.51. The third kappa shape index (κ3) is 5.17. The molecular weight excluding hydrogens is 292 g/mol. The van der Waals surface area contributed by atoms with Gasteiger partial charge in [0.15, 0.2) is 0 Å². The van der Waals surface area contributed by atoms with Crippen LogP contribution in [0.25, 0.3) is 0 Å². The molecule has 1 saturated heterocycles. The van der Waals surface area contributed by atoms with Crippen LogP contribution in [0.2, 0.25) is 0 Å². The Labute approximate surface area is 142 Å². The van der Waals surface area contributed by atoms with Crippen molar-refractivity contribution < 1.29 is 0 Å². The van der Waals surface area contributed by atoms with Crippen LogP contribution < -0.4 is 10.2 Å². The van der Waals surface area contributed by atoms with E-state index in [4.69, 9.17) is 0 Å². The summed E-state index contributed by atoms with van der Waals surface area (Å²) in [5.41, 5.74) is 2.84. The summed E-state index contributed by atoms with van der Waals surface area (Å²) in [6, 6.07) is 9.97. The molecule has 2 nitrogen and oxygen atoms in total. The van der Waals surface area contributed by atoms with Crippen LogP contribution in [0, 0.1) is 0 Å². The fourth-order valence-corrected chi connectivity index (χ4v) is 3.72. The highest BCUT2D eigenvalue weighted by atomic mass is 35.5. The monoisotopic (exact) mass is 322 g/mol. The van der Waals surface area contributed by atoms with Crippen LogP contribution in [0.1, 0.15) is 63.4 Å². The second-order valence-corrected chi connectivity index (χ2v) is 6.78. The second kappa shape index (κ2) is 9.42. The first-order valence-electron chi connectivity index (χ1n) is 8.99. The Bertz CT molecular complexity index is 404. The number of nitrogens with one attached hydrogen (secondary N) is 1. The van der Waals surface area contributed by atoms with Crippen molar-refractivity contribution in [3.05, 3.63) is 29.8 Å². The minimum atomic E-state index is 0. The van der Waals surface area contributed by atoms with E-state index in [1.807, 2.05) is 0 Å². The largest absolute Gasteiger partial charge is 0.372 e. The topological polar surface area (TPSA) is 15.3 Å². The molecule has 0 unspecified atom stereocenters. The fraction of sp³-hybridized carbons (Fsp3) is 0.684. The first kappa shape index (κ1) is 17.6. The average Bonchev–Trinajstić information content (AvgIpc) is 3.01. The zero-order valence-corrected chi connectivity index (χ0v) is 14.5. The van der Waals surface area contributed by atoms with Crippen LogP contribution in [0.5, 0.6) is 0 Å². The lowest BCUT2D eigenvalue weighted by Gasteiger charge is -2.21. The van der Waals surface area contributed by atoms with E-state index in [0.29, 0.717) is 0 Å². The molecule has 1 aliphatic carbocycles. The smallest absolute Gasteiger partial charge is 0.0366 e. The van der Waals surface area contributed by atoms with Gasteiger partial charge in [0.1, 0.15) is 0 Å². The molecule has 2 fully saturated rings. The van der Waals surface area contributed by atoms with Crippen molar-refractivity contribution in [1.29, 1.82) is 0 Å². The van der Waals surface area contributed by atoms with Gasteiger partial charge >= 0.3 is 0 Å². The van der Waals surface area contributed by atoms with Gasteiger partial charge in [0.25, 0.3) is 0 Å². The molecule has 1 N–H and O–H groups in total. The minimum absolute atomic E-state index is 0. The number of hydrogen-bond acceptors (Lipinski definition) is 2. The summed E-state index contributed by atoms with van der Waals surface area (Å²) < 4.78 is 0. The molecule has 0 amide bonds. The highest BCUT2D eigenvalue weighted by Crippen LogP contribution is 2.21. The molecule has 0 spiro atoms. The number of benzene rings is 1. The molecule has 0 atom stereocenters. The van der Waals surface area contributed by atoms with E-state index in [9.17, 15) is 0 Å². The first-order valence-corrected chi connectivity index (χ1v) is 8.99. The fourth-order valence-electron chi connectivity index (χ4n) is 3.72. The SMILES string of the molecule is Cl.c1cc(N2CCCC2)ccc1CNC1CCCCCCC1. The normalized spacial score (nSPS) is 20.3. The quantitative estimate of drug-likeness (QED) is 0.847. The summed E-state index contributed by atoms with van der Waals surface area (Å²) >= 11 is 0. The van der Waals surface area contributed by atoms with Crippen LogP contribution >= 0.6 is 12.4 Å². The molecule has 1 saturated carbocycles. The maximum absolute atomic E-state index is 3.78. The van der Waals surface area contributed by atoms with E-state index >= 15 is 0 Å². The Kier molecular flexibility index (Phi) is 7.54. The average molecular weight is 323 g/mol. The number of anilines is 1. The van der Waals surface area contributed by atoms with Crippen LogP contribution in [-0.2, 0) is 6.54 Å². The van der Waals surface area contributed by atoms with Crippen molar-refractivity contribution in [3.63, 3.8) is 0 Å². The van der Waals surface area contributed by atoms with E-state index in [0.717, 1.165) is 12.6 Å². The molecule has 2 aliphatic rings. The van der Waals surface area contributed by atoms with E-state index in [-0.39, 0.29) is 12.4 Å². The molecule has 1 heterocycles. The molecule has 3 heteroatoms. The van der Waals surface area contributed by atoms with Gasteiger partial charge in [-0.1, -0.05) is 44.2 Å². The molecule has 1 aliphatic heterocycles. The molecule has 124 valence electrons. The van der Waals surface area contributed by atoms with Crippen LogP contribution in [0.4, 0.5) is 5.69 Å². The summed E-state index contributed by atoms with van der Waals surface area (Å²) in [6.07, 6.45) is 12.6. The van der Waals surface area contributed by atoms with Crippen molar-refractivity contribution >= 4 is 18.1 Å². The Hall–Kier alpha value is -0.730. The number of hydrogen-bond donors (Lipinski definition) is 1. The molecule has 0 bridgehead atoms. The van der Waals surface area contributed by atoms with Gasteiger partial charge in [-0.3, -0.25) is 0 Å². The third-order valence-corrected chi connectivity index (χ3v) is 5.11. The highest BCUT2D eigenvalue weighted by molar-refractivity contribution is 5.85. The predicted octanol–water partition coefficient (Wildman–Crippen LogP) is 4.91. The van der Waals surface area contributed by atoms with Crippen LogP contribution in [0.3, 0.4) is 0 Å². The number of rotatable bonds is 4. The van der Waals surface area contributed by atoms with E-state index in [1.54, 1.807) is 0 Å². The lowest BCUT2D eigenvalue weighted by Crippen LogP contribution is -2.29. The molecule has 0 aromatic heterocycles. The summed E-state index contributed by atoms with van der Waals surface area (Å²) in [5, 5.41) is 3.78. The predicted molar refractivity (Wildman–Crippen MR) is 98.1 cm³/mol. The van der Waals surface area contributed by atoms with Crippen LogP contribution in [0.15, 0.2) is 24.3 Å². The standard InChI is InChI=1S/C19H30N2.ClH/c1-2-4-8-18(9-5-3-1)20-16-17-10-12-19(13-11-17)21-14-6-7-15-21;/h10-13,18,20H,1-9,14-16H2;1H. The van der Waals surface area contributed by atoms with Gasteiger partial charge in [-0.15, -0.1) is 12.4 Å². The minimum Gasteiger partial charge on any atom is -0.372 e. The van der Waals surface area contributed by atoms with Crippen LogP contribution in [-0.4, -0.2) is 19.1 Å². The van der Waals surface area contributed by atoms with Crippen molar-refractivity contribution in [2.45, 2.75) is 70.4 Å². The molecular formula is C19H31ClN2. The Morgan fingerprint density at radius 1 is 0.818 bits per heavy atom. The lowest BCUT2D eigenvalue weighted by atomic mass is 9.96. The lowest BCUT2D eigenvalue weighted by molar-refractivity contribution is 0.389. The van der Waals surface area contributed by atoms with E-state index < -0.39 is 0 Å². The van der Waals surface area contributed by atoms with Crippen molar-refractivity contribution in [3.8, 4) is 0 Å². The van der Waals surface area contributed by atoms with Gasteiger partial charge in [-0.25, -0.2) is 0 Å². The molecule has 3 rings (SSSR count). The van der Waals surface area contributed by atoms with Gasteiger partial charge < -0.3 is 10.2 Å². The van der Waals surface area contributed by atoms with Gasteiger partial charge in [-0.05, 0) is 43.4 Å². The van der Waals surface area contributed by atoms with Gasteiger partial charge in [0.2, 0.25) is 0 Å². The van der Waals surface area contributed by atoms with Gasteiger partial charge in [0, 0.05) is 31.4 Å². The second-order valence-electron chi connectivity index (χ2n) is 6.78. The molecule has 22 heavy (non-hydrogen) atoms. The maximum Gasteiger partial charge on any atom is 0.0366 e. The summed E-state index contributed by atoms with van der Waals surface area (Å²) in [7, 11) is 0. The van der Waals surface area contributed by atoms with Crippen molar-refractivity contribution in [2.24, 2.45) is 0 Å². The Balaban J connectivity index is 0.00000176. The Morgan fingerprint density at radius 2 is 1.41 bits per heavy atom. The first-order chi connectivity index (χ1) is 10.4.